The second kappa shape index (κ2) is 9.63. The fourth-order valence-electron chi connectivity index (χ4n) is 4.28. The summed E-state index contributed by atoms with van der Waals surface area (Å²) in [6.07, 6.45) is 4.84. The Hall–Kier alpha value is -2.37. The van der Waals surface area contributed by atoms with Gasteiger partial charge in [0.25, 0.3) is 11.8 Å². The number of halogens is 1. The van der Waals surface area contributed by atoms with E-state index >= 15 is 0 Å². The first-order chi connectivity index (χ1) is 14.6. The Morgan fingerprint density at radius 2 is 1.90 bits per heavy atom. The lowest BCUT2D eigenvalue weighted by Crippen LogP contribution is -2.33. The van der Waals surface area contributed by atoms with E-state index in [-0.39, 0.29) is 11.8 Å². The van der Waals surface area contributed by atoms with Crippen molar-refractivity contribution in [1.29, 1.82) is 0 Å². The van der Waals surface area contributed by atoms with Crippen molar-refractivity contribution in [3.63, 3.8) is 0 Å². The molecule has 0 atom stereocenters. The molecule has 6 heteroatoms. The van der Waals surface area contributed by atoms with Gasteiger partial charge in [0.2, 0.25) is 0 Å². The number of rotatable bonds is 7. The van der Waals surface area contributed by atoms with Gasteiger partial charge in [0.15, 0.2) is 0 Å². The van der Waals surface area contributed by atoms with Gasteiger partial charge in [-0.3, -0.25) is 9.59 Å². The highest BCUT2D eigenvalue weighted by Gasteiger charge is 2.28. The van der Waals surface area contributed by atoms with Crippen LogP contribution in [0.1, 0.15) is 57.5 Å². The molecule has 0 spiro atoms. The minimum Gasteiger partial charge on any atom is -0.352 e. The molecular formula is C24H28ClN3O2. The molecule has 158 valence electrons. The number of fused-ring (bicyclic) bond motifs is 1. The summed E-state index contributed by atoms with van der Waals surface area (Å²) >= 11 is 6.06. The third kappa shape index (κ3) is 5.02. The molecule has 0 aromatic heterocycles. The summed E-state index contributed by atoms with van der Waals surface area (Å²) < 4.78 is 0. The van der Waals surface area contributed by atoms with E-state index in [1.54, 1.807) is 11.0 Å². The van der Waals surface area contributed by atoms with Crippen molar-refractivity contribution >= 4 is 23.4 Å². The molecule has 2 aliphatic heterocycles. The van der Waals surface area contributed by atoms with E-state index in [2.05, 4.69) is 10.2 Å². The van der Waals surface area contributed by atoms with E-state index in [1.165, 1.54) is 32.4 Å². The van der Waals surface area contributed by atoms with Crippen LogP contribution in [0.15, 0.2) is 42.5 Å². The van der Waals surface area contributed by atoms with Gasteiger partial charge in [-0.2, -0.15) is 0 Å². The fourth-order valence-corrected chi connectivity index (χ4v) is 4.49. The minimum atomic E-state index is -0.113. The molecule has 0 radical (unpaired) electrons. The van der Waals surface area contributed by atoms with Crippen LogP contribution in [0.2, 0.25) is 5.02 Å². The molecule has 0 aliphatic carbocycles. The lowest BCUT2D eigenvalue weighted by molar-refractivity contribution is 0.0766. The molecule has 2 heterocycles. The van der Waals surface area contributed by atoms with Crippen molar-refractivity contribution in [2.24, 2.45) is 0 Å². The van der Waals surface area contributed by atoms with E-state index < -0.39 is 0 Å². The Morgan fingerprint density at radius 1 is 1.07 bits per heavy atom. The fraction of sp³-hybridized carbons (Fsp3) is 0.417. The maximum Gasteiger partial charge on any atom is 0.254 e. The van der Waals surface area contributed by atoms with Gasteiger partial charge in [0.05, 0.1) is 0 Å². The Labute approximate surface area is 183 Å². The van der Waals surface area contributed by atoms with Gasteiger partial charge in [-0.25, -0.2) is 0 Å². The van der Waals surface area contributed by atoms with Gasteiger partial charge in [-0.1, -0.05) is 36.2 Å². The smallest absolute Gasteiger partial charge is 0.254 e. The van der Waals surface area contributed by atoms with E-state index in [1.807, 2.05) is 36.4 Å². The summed E-state index contributed by atoms with van der Waals surface area (Å²) in [6, 6.07) is 13.0. The second-order valence-corrected chi connectivity index (χ2v) is 8.61. The highest BCUT2D eigenvalue weighted by molar-refractivity contribution is 6.30. The van der Waals surface area contributed by atoms with E-state index in [0.717, 1.165) is 24.1 Å². The monoisotopic (exact) mass is 425 g/mol. The summed E-state index contributed by atoms with van der Waals surface area (Å²) in [4.78, 5) is 29.7. The molecule has 30 heavy (non-hydrogen) atoms. The van der Waals surface area contributed by atoms with Crippen LogP contribution in [-0.4, -0.2) is 47.8 Å². The number of nitrogens with zero attached hydrogens (tertiary/aromatic N) is 2. The number of likely N-dealkylation sites (tertiary alicyclic amines) is 1. The van der Waals surface area contributed by atoms with Crippen LogP contribution in [0.5, 0.6) is 0 Å². The molecule has 4 rings (SSSR count). The second-order valence-electron chi connectivity index (χ2n) is 8.17. The van der Waals surface area contributed by atoms with Gasteiger partial charge in [-0.05, 0) is 74.3 Å². The lowest BCUT2D eigenvalue weighted by Gasteiger charge is -2.26. The summed E-state index contributed by atoms with van der Waals surface area (Å²) in [5.41, 5.74) is 3.13. The van der Waals surface area contributed by atoms with Gasteiger partial charge in [0, 0.05) is 35.8 Å². The van der Waals surface area contributed by atoms with Crippen LogP contribution in [0.4, 0.5) is 0 Å². The number of hydrogen-bond acceptors (Lipinski definition) is 3. The van der Waals surface area contributed by atoms with Crippen molar-refractivity contribution in [3.05, 3.63) is 69.7 Å². The average Bonchev–Trinajstić information content (AvgIpc) is 3.06. The maximum atomic E-state index is 12.9. The predicted octanol–water partition coefficient (Wildman–Crippen LogP) is 4.10. The van der Waals surface area contributed by atoms with Gasteiger partial charge >= 0.3 is 0 Å². The summed E-state index contributed by atoms with van der Waals surface area (Å²) in [5.74, 6) is -0.151. The van der Waals surface area contributed by atoms with E-state index in [9.17, 15) is 9.59 Å². The van der Waals surface area contributed by atoms with E-state index in [0.29, 0.717) is 35.8 Å². The molecule has 5 nitrogen and oxygen atoms in total. The van der Waals surface area contributed by atoms with Crippen LogP contribution in [0, 0.1) is 0 Å². The van der Waals surface area contributed by atoms with Crippen LogP contribution >= 0.6 is 11.6 Å². The number of piperidine rings is 1. The number of amides is 2. The van der Waals surface area contributed by atoms with Gasteiger partial charge in [-0.15, -0.1) is 0 Å². The largest absolute Gasteiger partial charge is 0.352 e. The number of nitrogens with one attached hydrogen (secondary N) is 1. The SMILES string of the molecule is O=C(NCCCN1CCCCC1)c1ccc2c(c1)C(=O)N(Cc1cccc(Cl)c1)C2. The van der Waals surface area contributed by atoms with Crippen molar-refractivity contribution in [1.82, 2.24) is 15.1 Å². The quantitative estimate of drug-likeness (QED) is 0.679. The van der Waals surface area contributed by atoms with E-state index in [4.69, 9.17) is 11.6 Å². The average molecular weight is 426 g/mol. The molecule has 1 saturated heterocycles. The maximum absolute atomic E-state index is 12.9. The van der Waals surface area contributed by atoms with Gasteiger partial charge < -0.3 is 15.1 Å². The van der Waals surface area contributed by atoms with Crippen molar-refractivity contribution in [3.8, 4) is 0 Å². The van der Waals surface area contributed by atoms with Crippen molar-refractivity contribution in [2.45, 2.75) is 38.8 Å². The van der Waals surface area contributed by atoms with Crippen LogP contribution in [-0.2, 0) is 13.1 Å². The Balaban J connectivity index is 1.31. The number of carbonyl (C=O) groups is 2. The lowest BCUT2D eigenvalue weighted by atomic mass is 10.1. The molecule has 0 bridgehead atoms. The summed E-state index contributed by atoms with van der Waals surface area (Å²) in [7, 11) is 0. The Morgan fingerprint density at radius 3 is 2.70 bits per heavy atom. The molecule has 2 aliphatic rings. The molecular weight excluding hydrogens is 398 g/mol. The molecule has 0 saturated carbocycles. The predicted molar refractivity (Wildman–Crippen MR) is 119 cm³/mol. The van der Waals surface area contributed by atoms with Crippen LogP contribution in [0.25, 0.3) is 0 Å². The first kappa shape index (κ1) is 20.9. The zero-order chi connectivity index (χ0) is 20.9. The third-order valence-electron chi connectivity index (χ3n) is 5.90. The van der Waals surface area contributed by atoms with Crippen molar-refractivity contribution in [2.75, 3.05) is 26.2 Å². The minimum absolute atomic E-state index is 0.0373. The molecule has 2 aromatic carbocycles. The number of benzene rings is 2. The molecule has 2 aromatic rings. The zero-order valence-corrected chi connectivity index (χ0v) is 18.0. The van der Waals surface area contributed by atoms with Gasteiger partial charge in [0.1, 0.15) is 0 Å². The first-order valence-corrected chi connectivity index (χ1v) is 11.2. The zero-order valence-electron chi connectivity index (χ0n) is 17.2. The topological polar surface area (TPSA) is 52.7 Å². The number of carbonyl (C=O) groups excluding carboxylic acids is 2. The summed E-state index contributed by atoms with van der Waals surface area (Å²) in [5, 5.41) is 3.66. The molecule has 0 unspecified atom stereocenters. The molecule has 2 amide bonds. The Bertz CT molecular complexity index is 924. The number of hydrogen-bond donors (Lipinski definition) is 1. The normalized spacial score (nSPS) is 16.6. The van der Waals surface area contributed by atoms with Crippen molar-refractivity contribution < 1.29 is 9.59 Å². The van der Waals surface area contributed by atoms with Crippen LogP contribution < -0.4 is 5.32 Å². The molecule has 1 fully saturated rings. The van der Waals surface area contributed by atoms with Crippen LogP contribution in [0.3, 0.4) is 0 Å². The standard InChI is InChI=1S/C24H28ClN3O2/c25-21-7-4-6-18(14-21)16-28-17-20-9-8-19(15-22(20)24(28)30)23(29)26-10-5-13-27-11-2-1-3-12-27/h4,6-9,14-15H,1-3,5,10-13,16-17H2,(H,26,29). The first-order valence-electron chi connectivity index (χ1n) is 10.8. The summed E-state index contributed by atoms with van der Waals surface area (Å²) in [6.45, 7) is 5.09. The molecule has 1 N–H and O–H groups in total. The highest BCUT2D eigenvalue weighted by Crippen LogP contribution is 2.26. The highest BCUT2D eigenvalue weighted by atomic mass is 35.5. The Kier molecular flexibility index (Phi) is 6.70. The third-order valence-corrected chi connectivity index (χ3v) is 6.13.